The maximum atomic E-state index is 11.9. The number of amides is 1. The Bertz CT molecular complexity index is 685. The summed E-state index contributed by atoms with van der Waals surface area (Å²) in [5.74, 6) is -0.0358. The zero-order valence-electron chi connectivity index (χ0n) is 12.9. The Kier molecular flexibility index (Phi) is 5.70. The Labute approximate surface area is 129 Å². The van der Waals surface area contributed by atoms with Crippen molar-refractivity contribution >= 4 is 27.5 Å². The van der Waals surface area contributed by atoms with E-state index in [1.165, 1.54) is 5.56 Å². The summed E-state index contributed by atoms with van der Waals surface area (Å²) in [5, 5.41) is 0. The van der Waals surface area contributed by atoms with E-state index in [1.54, 1.807) is 18.4 Å². The second-order valence-corrected chi connectivity index (χ2v) is 6.12. The molecule has 0 unspecified atom stereocenters. The lowest BCUT2D eigenvalue weighted by Crippen LogP contribution is -2.19. The van der Waals surface area contributed by atoms with Crippen LogP contribution in [0.15, 0.2) is 23.2 Å². The SMILES string of the molecule is CCCCC(=O)N=c1sc2cc(C)ccc2n1CCOC. The van der Waals surface area contributed by atoms with Gasteiger partial charge in [-0.3, -0.25) is 4.79 Å². The van der Waals surface area contributed by atoms with Crippen LogP contribution in [-0.4, -0.2) is 24.2 Å². The van der Waals surface area contributed by atoms with Crippen molar-refractivity contribution in [3.8, 4) is 0 Å². The molecule has 2 aromatic rings. The maximum Gasteiger partial charge on any atom is 0.248 e. The fourth-order valence-electron chi connectivity index (χ4n) is 2.15. The second-order valence-electron chi connectivity index (χ2n) is 5.11. The van der Waals surface area contributed by atoms with E-state index in [0.717, 1.165) is 27.9 Å². The molecule has 1 aromatic heterocycles. The van der Waals surface area contributed by atoms with Crippen LogP contribution in [0.3, 0.4) is 0 Å². The first-order valence-electron chi connectivity index (χ1n) is 7.32. The molecule has 5 heteroatoms. The number of fused-ring (bicyclic) bond motifs is 1. The average Bonchev–Trinajstić information content (AvgIpc) is 2.79. The summed E-state index contributed by atoms with van der Waals surface area (Å²) in [6.07, 6.45) is 2.43. The Balaban J connectivity index is 2.45. The Morgan fingerprint density at radius 3 is 2.95 bits per heavy atom. The highest BCUT2D eigenvalue weighted by molar-refractivity contribution is 7.16. The molecule has 0 bridgehead atoms. The molecule has 0 saturated carbocycles. The van der Waals surface area contributed by atoms with Gasteiger partial charge in [0.1, 0.15) is 0 Å². The minimum Gasteiger partial charge on any atom is -0.383 e. The van der Waals surface area contributed by atoms with Crippen molar-refractivity contribution in [2.45, 2.75) is 39.7 Å². The number of thiazole rings is 1. The van der Waals surface area contributed by atoms with Crippen LogP contribution in [0.5, 0.6) is 0 Å². The molecule has 4 nitrogen and oxygen atoms in total. The minimum absolute atomic E-state index is 0.0358. The van der Waals surface area contributed by atoms with Crippen LogP contribution < -0.4 is 4.80 Å². The number of carbonyl (C=O) groups excluding carboxylic acids is 1. The lowest BCUT2D eigenvalue weighted by atomic mass is 10.2. The average molecular weight is 306 g/mol. The topological polar surface area (TPSA) is 43.6 Å². The first-order chi connectivity index (χ1) is 10.2. The van der Waals surface area contributed by atoms with E-state index >= 15 is 0 Å². The van der Waals surface area contributed by atoms with Gasteiger partial charge in [-0.15, -0.1) is 0 Å². The van der Waals surface area contributed by atoms with Crippen LogP contribution in [0.25, 0.3) is 10.2 Å². The van der Waals surface area contributed by atoms with E-state index in [9.17, 15) is 4.79 Å². The van der Waals surface area contributed by atoms with Crippen molar-refractivity contribution in [1.82, 2.24) is 4.57 Å². The predicted molar refractivity (Wildman–Crippen MR) is 86.5 cm³/mol. The highest BCUT2D eigenvalue weighted by Crippen LogP contribution is 2.19. The number of benzene rings is 1. The highest BCUT2D eigenvalue weighted by atomic mass is 32.1. The van der Waals surface area contributed by atoms with Crippen molar-refractivity contribution < 1.29 is 9.53 Å². The summed E-state index contributed by atoms with van der Waals surface area (Å²) < 4.78 is 8.41. The largest absolute Gasteiger partial charge is 0.383 e. The monoisotopic (exact) mass is 306 g/mol. The van der Waals surface area contributed by atoms with Gasteiger partial charge in [0.15, 0.2) is 4.80 Å². The Morgan fingerprint density at radius 2 is 2.24 bits per heavy atom. The van der Waals surface area contributed by atoms with Gasteiger partial charge >= 0.3 is 0 Å². The molecular formula is C16H22N2O2S. The molecule has 0 aliphatic rings. The van der Waals surface area contributed by atoms with E-state index in [2.05, 4.69) is 41.6 Å². The fourth-order valence-corrected chi connectivity index (χ4v) is 3.33. The van der Waals surface area contributed by atoms with Crippen molar-refractivity contribution in [3.63, 3.8) is 0 Å². The normalized spacial score (nSPS) is 12.2. The van der Waals surface area contributed by atoms with Crippen LogP contribution in [0.1, 0.15) is 31.7 Å². The van der Waals surface area contributed by atoms with Crippen LogP contribution in [0, 0.1) is 6.92 Å². The molecule has 1 aromatic carbocycles. The van der Waals surface area contributed by atoms with Crippen LogP contribution >= 0.6 is 11.3 Å². The molecular weight excluding hydrogens is 284 g/mol. The van der Waals surface area contributed by atoms with Crippen LogP contribution in [0.2, 0.25) is 0 Å². The quantitative estimate of drug-likeness (QED) is 0.822. The van der Waals surface area contributed by atoms with Gasteiger partial charge in [-0.2, -0.15) is 4.99 Å². The number of aromatic nitrogens is 1. The van der Waals surface area contributed by atoms with Gasteiger partial charge in [-0.1, -0.05) is 30.7 Å². The summed E-state index contributed by atoms with van der Waals surface area (Å²) in [5.41, 5.74) is 2.33. The molecule has 0 aliphatic carbocycles. The van der Waals surface area contributed by atoms with Gasteiger partial charge in [0.05, 0.1) is 16.8 Å². The Morgan fingerprint density at radius 1 is 1.43 bits per heavy atom. The molecule has 1 heterocycles. The number of carbonyl (C=O) groups is 1. The summed E-state index contributed by atoms with van der Waals surface area (Å²) in [4.78, 5) is 17.0. The van der Waals surface area contributed by atoms with Crippen molar-refractivity contribution in [2.24, 2.45) is 4.99 Å². The van der Waals surface area contributed by atoms with Crippen molar-refractivity contribution in [3.05, 3.63) is 28.6 Å². The number of aryl methyl sites for hydroxylation is 1. The standard InChI is InChI=1S/C16H22N2O2S/c1-4-5-6-15(19)17-16-18(9-10-20-3)13-8-7-12(2)11-14(13)21-16/h7-8,11H,4-6,9-10H2,1-3H3. The minimum atomic E-state index is -0.0358. The third kappa shape index (κ3) is 4.02. The summed E-state index contributed by atoms with van der Waals surface area (Å²) in [6, 6.07) is 6.31. The molecule has 0 spiro atoms. The van der Waals surface area contributed by atoms with E-state index in [0.29, 0.717) is 19.6 Å². The zero-order valence-corrected chi connectivity index (χ0v) is 13.7. The van der Waals surface area contributed by atoms with Gasteiger partial charge in [-0.05, 0) is 31.0 Å². The van der Waals surface area contributed by atoms with Gasteiger partial charge in [0, 0.05) is 20.1 Å². The molecule has 1 amide bonds. The molecule has 0 radical (unpaired) electrons. The summed E-state index contributed by atoms with van der Waals surface area (Å²) in [7, 11) is 1.68. The van der Waals surface area contributed by atoms with Crippen LogP contribution in [0.4, 0.5) is 0 Å². The summed E-state index contributed by atoms with van der Waals surface area (Å²) in [6.45, 7) is 5.46. The molecule has 2 rings (SSSR count). The zero-order chi connectivity index (χ0) is 15.2. The lowest BCUT2D eigenvalue weighted by molar-refractivity contribution is -0.118. The smallest absolute Gasteiger partial charge is 0.248 e. The van der Waals surface area contributed by atoms with Crippen molar-refractivity contribution in [2.75, 3.05) is 13.7 Å². The van der Waals surface area contributed by atoms with Gasteiger partial charge in [0.2, 0.25) is 5.91 Å². The number of methoxy groups -OCH3 is 1. The molecule has 0 saturated heterocycles. The molecule has 21 heavy (non-hydrogen) atoms. The lowest BCUT2D eigenvalue weighted by Gasteiger charge is -2.04. The van der Waals surface area contributed by atoms with Gasteiger partial charge < -0.3 is 9.30 Å². The predicted octanol–water partition coefficient (Wildman–Crippen LogP) is 3.28. The number of hydrogen-bond acceptors (Lipinski definition) is 3. The molecule has 0 N–H and O–H groups in total. The van der Waals surface area contributed by atoms with E-state index in [-0.39, 0.29) is 5.91 Å². The number of rotatable bonds is 6. The number of ether oxygens (including phenoxy) is 1. The second kappa shape index (κ2) is 7.52. The molecule has 0 fully saturated rings. The third-order valence-electron chi connectivity index (χ3n) is 3.32. The van der Waals surface area contributed by atoms with Crippen LogP contribution in [-0.2, 0) is 16.1 Å². The van der Waals surface area contributed by atoms with E-state index in [4.69, 9.17) is 4.74 Å². The Hall–Kier alpha value is -1.46. The maximum absolute atomic E-state index is 11.9. The van der Waals surface area contributed by atoms with Crippen molar-refractivity contribution in [1.29, 1.82) is 0 Å². The number of hydrogen-bond donors (Lipinski definition) is 0. The molecule has 0 atom stereocenters. The summed E-state index contributed by atoms with van der Waals surface area (Å²) >= 11 is 1.57. The molecule has 0 aliphatic heterocycles. The number of nitrogens with zero attached hydrogens (tertiary/aromatic N) is 2. The molecule has 114 valence electrons. The fraction of sp³-hybridized carbons (Fsp3) is 0.500. The highest BCUT2D eigenvalue weighted by Gasteiger charge is 2.08. The first-order valence-corrected chi connectivity index (χ1v) is 8.14. The first kappa shape index (κ1) is 15.9. The number of unbranched alkanes of at least 4 members (excludes halogenated alkanes) is 1. The van der Waals surface area contributed by atoms with Gasteiger partial charge in [-0.25, -0.2) is 0 Å². The van der Waals surface area contributed by atoms with E-state index < -0.39 is 0 Å². The van der Waals surface area contributed by atoms with Gasteiger partial charge in [0.25, 0.3) is 0 Å². The van der Waals surface area contributed by atoms with E-state index in [1.807, 2.05) is 0 Å². The third-order valence-corrected chi connectivity index (χ3v) is 4.36.